The predicted molar refractivity (Wildman–Crippen MR) is 139 cm³/mol. The summed E-state index contributed by atoms with van der Waals surface area (Å²) in [5.41, 5.74) is 6.79. The Labute approximate surface area is 217 Å². The third-order valence-electron chi connectivity index (χ3n) is 7.47. The number of carbonyl (C=O) groups excluding carboxylic acids is 3. The number of ether oxygens (including phenoxy) is 2. The van der Waals surface area contributed by atoms with Gasteiger partial charge in [-0.3, -0.25) is 19.3 Å². The van der Waals surface area contributed by atoms with Gasteiger partial charge in [-0.2, -0.15) is 0 Å². The highest BCUT2D eigenvalue weighted by atomic mass is 16.5. The number of para-hydroxylation sites is 1. The fourth-order valence-corrected chi connectivity index (χ4v) is 5.55. The molecule has 1 heterocycles. The van der Waals surface area contributed by atoms with Crippen LogP contribution in [-0.2, 0) is 9.59 Å². The van der Waals surface area contributed by atoms with Gasteiger partial charge in [-0.1, -0.05) is 49.2 Å². The molecule has 1 saturated carbocycles. The number of benzene rings is 2. The number of rotatable bonds is 8. The summed E-state index contributed by atoms with van der Waals surface area (Å²) in [6, 6.07) is 13.6. The van der Waals surface area contributed by atoms with Crippen molar-refractivity contribution in [1.82, 2.24) is 15.1 Å². The molecule has 3 atom stereocenters. The van der Waals surface area contributed by atoms with E-state index < -0.39 is 11.9 Å². The number of nitrogens with one attached hydrogen (secondary N) is 1. The molecule has 9 heteroatoms. The molecule has 0 aromatic heterocycles. The minimum absolute atomic E-state index is 0.0571. The molecule has 9 nitrogen and oxygen atoms in total. The van der Waals surface area contributed by atoms with E-state index in [1.807, 2.05) is 23.1 Å². The lowest BCUT2D eigenvalue weighted by Gasteiger charge is -2.44. The van der Waals surface area contributed by atoms with Crippen LogP contribution in [0.1, 0.15) is 47.6 Å². The highest BCUT2D eigenvalue weighted by Crippen LogP contribution is 2.33. The molecule has 3 amide bonds. The maximum Gasteiger partial charge on any atom is 0.257 e. The predicted octanol–water partition coefficient (Wildman–Crippen LogP) is 2.36. The molecule has 2 aromatic rings. The fourth-order valence-electron chi connectivity index (χ4n) is 5.55. The smallest absolute Gasteiger partial charge is 0.257 e. The molecule has 1 aliphatic carbocycles. The van der Waals surface area contributed by atoms with Gasteiger partial charge >= 0.3 is 0 Å². The Balaban J connectivity index is 1.42. The van der Waals surface area contributed by atoms with Gasteiger partial charge in [0.25, 0.3) is 5.91 Å². The molecule has 2 aliphatic rings. The van der Waals surface area contributed by atoms with Crippen LogP contribution < -0.4 is 20.5 Å². The highest BCUT2D eigenvalue weighted by Gasteiger charge is 2.38. The van der Waals surface area contributed by atoms with Gasteiger partial charge in [-0.15, -0.1) is 0 Å². The van der Waals surface area contributed by atoms with Crippen molar-refractivity contribution in [3.05, 3.63) is 59.7 Å². The second kappa shape index (κ2) is 12.1. The molecule has 3 N–H and O–H groups in total. The Morgan fingerprint density at radius 3 is 2.27 bits per heavy atom. The SMILES string of the molecule is COc1cccc(C(=O)N2CCN([C@@H]3CCCC[C@H]3C(=O)N[C@H](C(N)=O)c3ccccc3)CC2)c1OC. The van der Waals surface area contributed by atoms with Gasteiger partial charge in [0.1, 0.15) is 6.04 Å². The summed E-state index contributed by atoms with van der Waals surface area (Å²) in [5, 5.41) is 2.91. The van der Waals surface area contributed by atoms with Crippen molar-refractivity contribution in [2.45, 2.75) is 37.8 Å². The highest BCUT2D eigenvalue weighted by molar-refractivity contribution is 5.98. The van der Waals surface area contributed by atoms with Crippen LogP contribution in [0.3, 0.4) is 0 Å². The summed E-state index contributed by atoms with van der Waals surface area (Å²) in [5.74, 6) is -0.0961. The van der Waals surface area contributed by atoms with E-state index in [-0.39, 0.29) is 23.8 Å². The van der Waals surface area contributed by atoms with E-state index in [2.05, 4.69) is 10.2 Å². The van der Waals surface area contributed by atoms with Crippen LogP contribution in [-0.4, -0.2) is 74.0 Å². The Bertz CT molecular complexity index is 1100. The molecule has 1 saturated heterocycles. The summed E-state index contributed by atoms with van der Waals surface area (Å²) in [4.78, 5) is 43.0. The van der Waals surface area contributed by atoms with Crippen LogP contribution in [0, 0.1) is 5.92 Å². The van der Waals surface area contributed by atoms with Gasteiger partial charge in [0.05, 0.1) is 25.7 Å². The first-order chi connectivity index (χ1) is 17.9. The minimum Gasteiger partial charge on any atom is -0.493 e. The lowest BCUT2D eigenvalue weighted by atomic mass is 9.82. The number of methoxy groups -OCH3 is 2. The van der Waals surface area contributed by atoms with Crippen molar-refractivity contribution in [3.8, 4) is 11.5 Å². The van der Waals surface area contributed by atoms with E-state index in [4.69, 9.17) is 15.2 Å². The Morgan fingerprint density at radius 2 is 1.62 bits per heavy atom. The summed E-state index contributed by atoms with van der Waals surface area (Å²) < 4.78 is 10.8. The van der Waals surface area contributed by atoms with Gasteiger partial charge in [0.15, 0.2) is 11.5 Å². The number of amides is 3. The van der Waals surface area contributed by atoms with E-state index in [0.717, 1.165) is 25.7 Å². The van der Waals surface area contributed by atoms with E-state index >= 15 is 0 Å². The molecule has 37 heavy (non-hydrogen) atoms. The average molecular weight is 509 g/mol. The standard InChI is InChI=1S/C28H36N4O5/c1-36-23-14-8-12-21(25(23)37-2)28(35)32-17-15-31(16-18-32)22-13-7-6-11-20(22)27(34)30-24(26(29)33)19-9-4-3-5-10-19/h3-5,8-10,12,14,20,22,24H,6-7,11,13,15-18H2,1-2H3,(H2,29,33)(H,30,34)/t20-,22-,24+/m1/s1. The zero-order chi connectivity index (χ0) is 26.4. The largest absolute Gasteiger partial charge is 0.493 e. The average Bonchev–Trinajstić information content (AvgIpc) is 2.95. The molecule has 1 aliphatic heterocycles. The van der Waals surface area contributed by atoms with Crippen molar-refractivity contribution >= 4 is 17.7 Å². The van der Waals surface area contributed by atoms with Crippen LogP contribution in [0.25, 0.3) is 0 Å². The topological polar surface area (TPSA) is 114 Å². The molecule has 0 unspecified atom stereocenters. The number of hydrogen-bond donors (Lipinski definition) is 2. The molecule has 0 radical (unpaired) electrons. The third kappa shape index (κ3) is 5.88. The zero-order valence-corrected chi connectivity index (χ0v) is 21.5. The van der Waals surface area contributed by atoms with Crippen LogP contribution in [0.2, 0.25) is 0 Å². The molecule has 2 fully saturated rings. The Hall–Kier alpha value is -3.59. The van der Waals surface area contributed by atoms with Crippen LogP contribution in [0.5, 0.6) is 11.5 Å². The second-order valence-corrected chi connectivity index (χ2v) is 9.58. The zero-order valence-electron chi connectivity index (χ0n) is 21.5. The molecule has 2 aromatic carbocycles. The van der Waals surface area contributed by atoms with E-state index in [1.54, 1.807) is 37.4 Å². The van der Waals surface area contributed by atoms with Gasteiger partial charge in [0, 0.05) is 32.2 Å². The third-order valence-corrected chi connectivity index (χ3v) is 7.47. The minimum atomic E-state index is -0.858. The van der Waals surface area contributed by atoms with Crippen LogP contribution in [0.15, 0.2) is 48.5 Å². The van der Waals surface area contributed by atoms with Crippen molar-refractivity contribution in [2.75, 3.05) is 40.4 Å². The number of nitrogens with two attached hydrogens (primary N) is 1. The maximum absolute atomic E-state index is 13.4. The molecular weight excluding hydrogens is 472 g/mol. The number of nitrogens with zero attached hydrogens (tertiary/aromatic N) is 2. The van der Waals surface area contributed by atoms with Gasteiger partial charge in [-0.05, 0) is 30.5 Å². The summed E-state index contributed by atoms with van der Waals surface area (Å²) >= 11 is 0. The Kier molecular flexibility index (Phi) is 8.66. The normalized spacial score (nSPS) is 21.1. The van der Waals surface area contributed by atoms with E-state index in [9.17, 15) is 14.4 Å². The molecule has 4 rings (SSSR count). The lowest BCUT2D eigenvalue weighted by Crippen LogP contribution is -2.56. The maximum atomic E-state index is 13.4. The first-order valence-electron chi connectivity index (χ1n) is 12.8. The summed E-state index contributed by atoms with van der Waals surface area (Å²) in [6.07, 6.45) is 3.68. The van der Waals surface area contributed by atoms with Crippen molar-refractivity contribution in [1.29, 1.82) is 0 Å². The number of carbonyl (C=O) groups is 3. The summed E-state index contributed by atoms with van der Waals surface area (Å²) in [6.45, 7) is 2.45. The lowest BCUT2D eigenvalue weighted by molar-refractivity contribution is -0.133. The number of piperazine rings is 1. The van der Waals surface area contributed by atoms with Gasteiger partial charge in [-0.25, -0.2) is 0 Å². The van der Waals surface area contributed by atoms with Crippen LogP contribution in [0.4, 0.5) is 0 Å². The molecular formula is C28H36N4O5. The van der Waals surface area contributed by atoms with Crippen molar-refractivity contribution < 1.29 is 23.9 Å². The Morgan fingerprint density at radius 1 is 0.919 bits per heavy atom. The first kappa shape index (κ1) is 26.5. The van der Waals surface area contributed by atoms with Gasteiger partial charge < -0.3 is 25.4 Å². The first-order valence-corrected chi connectivity index (χ1v) is 12.8. The van der Waals surface area contributed by atoms with E-state index in [1.165, 1.54) is 7.11 Å². The quantitative estimate of drug-likeness (QED) is 0.566. The van der Waals surface area contributed by atoms with E-state index in [0.29, 0.717) is 48.8 Å². The number of hydrogen-bond acceptors (Lipinski definition) is 6. The van der Waals surface area contributed by atoms with Crippen LogP contribution >= 0.6 is 0 Å². The second-order valence-electron chi connectivity index (χ2n) is 9.58. The molecule has 198 valence electrons. The monoisotopic (exact) mass is 508 g/mol. The summed E-state index contributed by atoms with van der Waals surface area (Å²) in [7, 11) is 3.08. The van der Waals surface area contributed by atoms with Crippen molar-refractivity contribution in [3.63, 3.8) is 0 Å². The fraction of sp³-hybridized carbons (Fsp3) is 0.464. The van der Waals surface area contributed by atoms with Gasteiger partial charge in [0.2, 0.25) is 11.8 Å². The van der Waals surface area contributed by atoms with Crippen molar-refractivity contribution in [2.24, 2.45) is 11.7 Å². The molecule has 0 bridgehead atoms. The molecule has 0 spiro atoms. The number of primary amides is 1.